The van der Waals surface area contributed by atoms with Gasteiger partial charge in [-0.25, -0.2) is 0 Å². The Morgan fingerprint density at radius 2 is 1.00 bits per heavy atom. The molecule has 2 N–H and O–H groups in total. The molecule has 0 bridgehead atoms. The molecular weight excluding hydrogens is 458 g/mol. The lowest BCUT2D eigenvalue weighted by atomic mass is 10.1. The minimum atomic E-state index is 0.126. The molecule has 0 aliphatic carbocycles. The molecule has 0 aromatic heterocycles. The van der Waals surface area contributed by atoms with Gasteiger partial charge in [0.05, 0.1) is 8.86 Å². The van der Waals surface area contributed by atoms with Crippen LogP contribution in [0.5, 0.6) is 0 Å². The smallest absolute Gasteiger partial charge is 0.229 e. The van der Waals surface area contributed by atoms with Gasteiger partial charge in [-0.1, -0.05) is 70.9 Å². The summed E-state index contributed by atoms with van der Waals surface area (Å²) in [7, 11) is 0. The molecule has 0 spiro atoms. The Balaban J connectivity index is 3.07. The first-order valence-corrected chi connectivity index (χ1v) is 9.41. The fourth-order valence-corrected chi connectivity index (χ4v) is 2.05. The summed E-state index contributed by atoms with van der Waals surface area (Å²) in [5, 5.41) is 5.74. The van der Waals surface area contributed by atoms with Crippen LogP contribution >= 0.6 is 45.2 Å². The summed E-state index contributed by atoms with van der Waals surface area (Å²) in [5.74, 6) is 0.253. The normalized spacial score (nSPS) is 10.1. The van der Waals surface area contributed by atoms with Gasteiger partial charge in [0.15, 0.2) is 0 Å². The zero-order valence-electron chi connectivity index (χ0n) is 10.6. The third-order valence-corrected chi connectivity index (χ3v) is 3.88. The summed E-state index contributed by atoms with van der Waals surface area (Å²) in [6, 6.07) is 0. The van der Waals surface area contributed by atoms with Crippen molar-refractivity contribution in [3.8, 4) is 0 Å². The number of alkyl halides is 2. The number of halogens is 2. The largest absolute Gasteiger partial charge is 0.355 e. The van der Waals surface area contributed by atoms with E-state index in [2.05, 4.69) is 55.8 Å². The van der Waals surface area contributed by atoms with Gasteiger partial charge in [0.2, 0.25) is 11.8 Å². The molecule has 0 saturated carbocycles. The van der Waals surface area contributed by atoms with Crippen molar-refractivity contribution in [1.82, 2.24) is 10.6 Å². The monoisotopic (exact) mass is 480 g/mol. The molecule has 106 valence electrons. The molecule has 0 fully saturated rings. The van der Waals surface area contributed by atoms with Crippen LogP contribution in [-0.4, -0.2) is 33.8 Å². The van der Waals surface area contributed by atoms with Gasteiger partial charge in [-0.2, -0.15) is 0 Å². The van der Waals surface area contributed by atoms with Crippen LogP contribution < -0.4 is 10.6 Å². The second-order valence-corrected chi connectivity index (χ2v) is 5.61. The van der Waals surface area contributed by atoms with Crippen LogP contribution in [0, 0.1) is 0 Å². The standard InChI is InChI=1S/C12H22I2N2O2/c13-9-11(17)15-7-5-3-1-2-4-6-8-16-12(18)10-14/h1-10H2,(H,15,17)(H,16,18). The van der Waals surface area contributed by atoms with Crippen LogP contribution in [0.1, 0.15) is 38.5 Å². The van der Waals surface area contributed by atoms with Crippen molar-refractivity contribution in [2.24, 2.45) is 0 Å². The number of amides is 2. The van der Waals surface area contributed by atoms with Gasteiger partial charge in [0, 0.05) is 13.1 Å². The van der Waals surface area contributed by atoms with E-state index in [1.165, 1.54) is 25.7 Å². The summed E-state index contributed by atoms with van der Waals surface area (Å²) in [5.41, 5.74) is 0. The van der Waals surface area contributed by atoms with E-state index < -0.39 is 0 Å². The number of nitrogens with one attached hydrogen (secondary N) is 2. The highest BCUT2D eigenvalue weighted by atomic mass is 127. The molecule has 0 saturated heterocycles. The second-order valence-electron chi connectivity index (χ2n) is 4.09. The number of rotatable bonds is 11. The van der Waals surface area contributed by atoms with Gasteiger partial charge < -0.3 is 10.6 Å². The summed E-state index contributed by atoms with van der Waals surface area (Å²) in [4.78, 5) is 21.9. The van der Waals surface area contributed by atoms with Crippen molar-refractivity contribution < 1.29 is 9.59 Å². The molecule has 0 atom stereocenters. The van der Waals surface area contributed by atoms with Gasteiger partial charge in [-0.15, -0.1) is 0 Å². The zero-order chi connectivity index (χ0) is 13.6. The molecule has 0 rings (SSSR count). The quantitative estimate of drug-likeness (QED) is 0.271. The molecule has 0 radical (unpaired) electrons. The molecule has 0 aromatic carbocycles. The molecule has 0 aliphatic rings. The topological polar surface area (TPSA) is 58.2 Å². The summed E-state index contributed by atoms with van der Waals surface area (Å²) in [6.07, 6.45) is 6.88. The average molecular weight is 480 g/mol. The molecule has 0 aromatic rings. The van der Waals surface area contributed by atoms with E-state index in [0.717, 1.165) is 25.9 Å². The fraction of sp³-hybridized carbons (Fsp3) is 0.833. The van der Waals surface area contributed by atoms with Crippen molar-refractivity contribution >= 4 is 57.0 Å². The summed E-state index contributed by atoms with van der Waals surface area (Å²) < 4.78 is 1.08. The Morgan fingerprint density at radius 1 is 0.667 bits per heavy atom. The molecule has 4 nitrogen and oxygen atoms in total. The number of carbonyl (C=O) groups excluding carboxylic acids is 2. The number of carbonyl (C=O) groups is 2. The maximum absolute atomic E-state index is 10.9. The molecular formula is C12H22I2N2O2. The Morgan fingerprint density at radius 3 is 1.33 bits per heavy atom. The van der Waals surface area contributed by atoms with Gasteiger partial charge in [0.1, 0.15) is 0 Å². The van der Waals surface area contributed by atoms with E-state index in [9.17, 15) is 9.59 Å². The third-order valence-electron chi connectivity index (χ3n) is 2.49. The highest BCUT2D eigenvalue weighted by Gasteiger charge is 1.97. The Kier molecular flexibility index (Phi) is 14.1. The second kappa shape index (κ2) is 13.8. The minimum Gasteiger partial charge on any atom is -0.355 e. The highest BCUT2D eigenvalue weighted by Crippen LogP contribution is 2.04. The van der Waals surface area contributed by atoms with Crippen LogP contribution in [-0.2, 0) is 9.59 Å². The Bertz CT molecular complexity index is 214. The van der Waals surface area contributed by atoms with Gasteiger partial charge >= 0.3 is 0 Å². The van der Waals surface area contributed by atoms with E-state index in [1.807, 2.05) is 0 Å². The average Bonchev–Trinajstić information content (AvgIpc) is 2.40. The predicted octanol–water partition coefficient (Wildman–Crippen LogP) is 2.43. The summed E-state index contributed by atoms with van der Waals surface area (Å²) >= 11 is 4.13. The Hall–Kier alpha value is 0.400. The molecule has 0 heterocycles. The molecule has 0 unspecified atom stereocenters. The van der Waals surface area contributed by atoms with Gasteiger partial charge in [0.25, 0.3) is 0 Å². The van der Waals surface area contributed by atoms with Crippen LogP contribution in [0.25, 0.3) is 0 Å². The van der Waals surface area contributed by atoms with Gasteiger partial charge in [-0.3, -0.25) is 9.59 Å². The van der Waals surface area contributed by atoms with Crippen molar-refractivity contribution in [1.29, 1.82) is 0 Å². The predicted molar refractivity (Wildman–Crippen MR) is 91.5 cm³/mol. The van der Waals surface area contributed by atoms with Crippen LogP contribution in [0.3, 0.4) is 0 Å². The first-order chi connectivity index (χ1) is 8.70. The van der Waals surface area contributed by atoms with Gasteiger partial charge in [-0.05, 0) is 12.8 Å². The lowest BCUT2D eigenvalue weighted by molar-refractivity contribution is -0.119. The van der Waals surface area contributed by atoms with Crippen LogP contribution in [0.15, 0.2) is 0 Å². The highest BCUT2D eigenvalue weighted by molar-refractivity contribution is 14.1. The van der Waals surface area contributed by atoms with E-state index in [-0.39, 0.29) is 11.8 Å². The van der Waals surface area contributed by atoms with Crippen molar-refractivity contribution in [2.45, 2.75) is 38.5 Å². The summed E-state index contributed by atoms with van der Waals surface area (Å²) in [6.45, 7) is 1.60. The van der Waals surface area contributed by atoms with Crippen molar-refractivity contribution in [3.63, 3.8) is 0 Å². The third kappa shape index (κ3) is 12.8. The SMILES string of the molecule is O=C(CI)NCCCCCCCCNC(=O)CI. The fourth-order valence-electron chi connectivity index (χ4n) is 1.51. The molecule has 6 heteroatoms. The van der Waals surface area contributed by atoms with Crippen LogP contribution in [0.4, 0.5) is 0 Å². The maximum Gasteiger partial charge on any atom is 0.229 e. The van der Waals surface area contributed by atoms with E-state index in [1.54, 1.807) is 0 Å². The van der Waals surface area contributed by atoms with E-state index in [0.29, 0.717) is 8.86 Å². The van der Waals surface area contributed by atoms with E-state index >= 15 is 0 Å². The number of hydrogen-bond acceptors (Lipinski definition) is 2. The maximum atomic E-state index is 10.9. The number of hydrogen-bond donors (Lipinski definition) is 2. The molecule has 18 heavy (non-hydrogen) atoms. The lowest BCUT2D eigenvalue weighted by Gasteiger charge is -2.04. The van der Waals surface area contributed by atoms with E-state index in [4.69, 9.17) is 0 Å². The zero-order valence-corrected chi connectivity index (χ0v) is 15.0. The first kappa shape index (κ1) is 18.4. The lowest BCUT2D eigenvalue weighted by Crippen LogP contribution is -2.25. The van der Waals surface area contributed by atoms with Crippen molar-refractivity contribution in [3.05, 3.63) is 0 Å². The minimum absolute atomic E-state index is 0.126. The number of unbranched alkanes of at least 4 members (excludes halogenated alkanes) is 5. The Labute approximate surface area is 137 Å². The van der Waals surface area contributed by atoms with Crippen LogP contribution in [0.2, 0.25) is 0 Å². The first-order valence-electron chi connectivity index (χ1n) is 6.36. The molecule has 2 amide bonds. The molecule has 0 aliphatic heterocycles. The van der Waals surface area contributed by atoms with Crippen molar-refractivity contribution in [2.75, 3.05) is 21.9 Å².